The smallest absolute Gasteiger partial charge is 0.387 e. The third-order valence-electron chi connectivity index (χ3n) is 8.81. The molecule has 0 aliphatic carbocycles. The van der Waals surface area contributed by atoms with E-state index in [0.29, 0.717) is 35.8 Å². The molecule has 6 rings (SSSR count). The lowest BCUT2D eigenvalue weighted by Crippen LogP contribution is -2.33. The summed E-state index contributed by atoms with van der Waals surface area (Å²) in [4.78, 5) is 53.8. The Balaban J connectivity index is 1.03. The Labute approximate surface area is 355 Å². The zero-order valence-corrected chi connectivity index (χ0v) is 37.2. The number of imidazole rings is 2. The fraction of sp³-hybridized carbons (Fsp3) is 0.630. The van der Waals surface area contributed by atoms with Gasteiger partial charge in [-0.25, -0.2) is 43.1 Å². The number of alkyl halides is 1. The first-order chi connectivity index (χ1) is 28.2. The van der Waals surface area contributed by atoms with Gasteiger partial charge in [-0.15, -0.1) is 0 Å². The molecule has 2 aliphatic rings. The number of aliphatic hydroxyl groups is 4. The lowest BCUT2D eigenvalue weighted by Gasteiger charge is -2.26. The molecule has 26 nitrogen and oxygen atoms in total. The van der Waals surface area contributed by atoms with E-state index in [1.807, 2.05) is 13.8 Å². The van der Waals surface area contributed by atoms with Crippen LogP contribution < -0.4 is 10.6 Å². The SMILES string of the molecule is CCCNc1ncnc2c1ncn2[C@@H]1O[C@H](COP(=O)(S)OP(=O)(O)C(Cl)P(=O)(O)OP(O)(=S)OC[C@H]2O[C@@H](n3cnc4c(NCCC)ncnc43)[C@H](O)[C@@H]2O)[C@@H](O)[C@H]1O. The van der Waals surface area contributed by atoms with Gasteiger partial charge in [0.1, 0.15) is 49.3 Å². The van der Waals surface area contributed by atoms with Crippen molar-refractivity contribution < 1.29 is 75.9 Å². The molecule has 13 atom stereocenters. The van der Waals surface area contributed by atoms with E-state index >= 15 is 0 Å². The molecule has 9 N–H and O–H groups in total. The van der Waals surface area contributed by atoms with Crippen molar-refractivity contribution in [3.05, 3.63) is 25.3 Å². The maximum Gasteiger partial charge on any atom is 0.393 e. The summed E-state index contributed by atoms with van der Waals surface area (Å²) in [6.45, 7) is -6.56. The Hall–Kier alpha value is -1.84. The van der Waals surface area contributed by atoms with E-state index in [-0.39, 0.29) is 11.3 Å². The zero-order chi connectivity index (χ0) is 43.8. The molecule has 60 heavy (non-hydrogen) atoms. The summed E-state index contributed by atoms with van der Waals surface area (Å²) in [6.07, 6.45) is -5.38. The Morgan fingerprint density at radius 1 is 0.750 bits per heavy atom. The number of aliphatic hydroxyl groups excluding tert-OH is 4. The van der Waals surface area contributed by atoms with Crippen LogP contribution in [0.1, 0.15) is 39.1 Å². The average Bonchev–Trinajstić information content (AvgIpc) is 3.95. The van der Waals surface area contributed by atoms with Gasteiger partial charge in [0.15, 0.2) is 46.4 Å². The van der Waals surface area contributed by atoms with Gasteiger partial charge in [-0.2, -0.15) is 0 Å². The fourth-order valence-corrected chi connectivity index (χ4v) is 15.1. The van der Waals surface area contributed by atoms with Gasteiger partial charge in [-0.3, -0.25) is 22.8 Å². The molecule has 5 unspecified atom stereocenters. The number of nitrogens with one attached hydrogen (secondary N) is 2. The first-order valence-corrected chi connectivity index (χ1v) is 26.7. The molecule has 2 saturated heterocycles. The van der Waals surface area contributed by atoms with Gasteiger partial charge >= 0.3 is 28.7 Å². The number of nitrogens with zero attached hydrogens (tertiary/aromatic N) is 8. The van der Waals surface area contributed by atoms with Crippen LogP contribution in [0.4, 0.5) is 11.6 Å². The summed E-state index contributed by atoms with van der Waals surface area (Å²) in [5, 5.41) is 49.1. The van der Waals surface area contributed by atoms with Crippen molar-refractivity contribution in [2.75, 3.05) is 36.9 Å². The fourth-order valence-electron chi connectivity index (χ4n) is 5.96. The molecular weight excluding hydrogens is 944 g/mol. The molecule has 4 aromatic heterocycles. The van der Waals surface area contributed by atoms with Gasteiger partial charge in [-0.05, 0) is 24.6 Å². The largest absolute Gasteiger partial charge is 0.393 e. The summed E-state index contributed by atoms with van der Waals surface area (Å²) in [7, 11) is -11.5. The van der Waals surface area contributed by atoms with E-state index in [1.165, 1.54) is 34.4 Å². The second-order valence-electron chi connectivity index (χ2n) is 13.2. The number of fused-ring (bicyclic) bond motifs is 2. The third kappa shape index (κ3) is 10.4. The van der Waals surface area contributed by atoms with E-state index in [0.717, 1.165) is 12.8 Å². The summed E-state index contributed by atoms with van der Waals surface area (Å²) >= 11 is 14.2. The zero-order valence-electron chi connectivity index (χ0n) is 31.2. The highest BCUT2D eigenvalue weighted by atomic mass is 35.5. The van der Waals surface area contributed by atoms with E-state index in [1.54, 1.807) is 0 Å². The maximum absolute atomic E-state index is 13.1. The Morgan fingerprint density at radius 2 is 1.18 bits per heavy atom. The van der Waals surface area contributed by atoms with Crippen molar-refractivity contribution in [2.24, 2.45) is 0 Å². The molecule has 2 aliphatic heterocycles. The second-order valence-corrected chi connectivity index (χ2v) is 24.5. The van der Waals surface area contributed by atoms with Crippen LogP contribution in [0.5, 0.6) is 0 Å². The van der Waals surface area contributed by atoms with Crippen LogP contribution in [0.25, 0.3) is 22.3 Å². The number of rotatable bonds is 20. The molecule has 0 saturated carbocycles. The van der Waals surface area contributed by atoms with Crippen LogP contribution in [0.2, 0.25) is 0 Å². The summed E-state index contributed by atoms with van der Waals surface area (Å²) in [5.41, 5.74) is 1.15. The highest BCUT2D eigenvalue weighted by molar-refractivity contribution is 8.45. The molecule has 0 spiro atoms. The van der Waals surface area contributed by atoms with Gasteiger partial charge < -0.3 is 59.7 Å². The third-order valence-corrected chi connectivity index (χ3v) is 19.5. The normalized spacial score (nSPS) is 29.2. The van der Waals surface area contributed by atoms with Gasteiger partial charge in [0.05, 0.1) is 25.9 Å². The van der Waals surface area contributed by atoms with Crippen LogP contribution >= 0.6 is 52.6 Å². The number of anilines is 2. The van der Waals surface area contributed by atoms with Crippen LogP contribution in [-0.4, -0.2) is 142 Å². The highest BCUT2D eigenvalue weighted by Gasteiger charge is 2.53. The minimum atomic E-state index is -5.76. The quantitative estimate of drug-likeness (QED) is 0.0343. The van der Waals surface area contributed by atoms with Gasteiger partial charge in [0, 0.05) is 13.1 Å². The summed E-state index contributed by atoms with van der Waals surface area (Å²) in [6, 6.07) is 0. The molecule has 0 aromatic carbocycles. The van der Waals surface area contributed by atoms with Crippen LogP contribution in [0.3, 0.4) is 0 Å². The van der Waals surface area contributed by atoms with E-state index in [9.17, 15) is 48.8 Å². The Kier molecular flexibility index (Phi) is 15.2. The van der Waals surface area contributed by atoms with Gasteiger partial charge in [-0.1, -0.05) is 37.7 Å². The van der Waals surface area contributed by atoms with Crippen molar-refractivity contribution >= 4 is 98.3 Å². The minimum absolute atomic E-state index is 0.231. The predicted octanol–water partition coefficient (Wildman–Crippen LogP) is 1.76. The van der Waals surface area contributed by atoms with E-state index in [4.69, 9.17) is 41.9 Å². The van der Waals surface area contributed by atoms with Crippen LogP contribution in [-0.2, 0) is 52.6 Å². The molecule has 2 fully saturated rings. The molecule has 6 heterocycles. The lowest BCUT2D eigenvalue weighted by molar-refractivity contribution is -0.0485. The Bertz CT molecular complexity index is 2200. The number of ether oxygens (including phenoxy) is 2. The predicted molar refractivity (Wildman–Crippen MR) is 217 cm³/mol. The van der Waals surface area contributed by atoms with E-state index < -0.39 is 95.9 Å². The number of halogens is 1. The maximum atomic E-state index is 13.1. The van der Waals surface area contributed by atoms with E-state index in [2.05, 4.69) is 61.4 Å². The number of thiol groups is 1. The second kappa shape index (κ2) is 19.1. The standard InChI is InChI=1S/C27H41ClN10O16P4S2/c1-3-5-29-21-15-23(33-9-31-21)37(11-35-15)25-19(41)17(39)13(51-25)7-49-57(47,59)53-55(43,44)27(28)56(45,46)54-58(48,60)50-8-14-18(40)20(42)26(52-14)38-12-36-16-22(30-6-4-2)32-10-34-24(16)38/h9-14,17-20,25-27,39-42H,3-8H2,1-2H3,(H,43,44)(H,45,46)(H,47,59)(H,48,60)(H,29,31,33)(H,30,32,34)/t13-,14-,17-,18-,19-,20-,25-,26-,27?,57?,58?/m1/s1. The first-order valence-electron chi connectivity index (χ1n) is 17.7. The lowest BCUT2D eigenvalue weighted by atomic mass is 10.1. The van der Waals surface area contributed by atoms with Gasteiger partial charge in [0.25, 0.3) is 0 Å². The summed E-state index contributed by atoms with van der Waals surface area (Å²) in [5.74, 6) is 0.830. The van der Waals surface area contributed by atoms with Crippen molar-refractivity contribution in [1.29, 1.82) is 0 Å². The number of aromatic nitrogens is 8. The number of hydrogen-bond acceptors (Lipinski definition) is 22. The van der Waals surface area contributed by atoms with Crippen molar-refractivity contribution in [1.82, 2.24) is 39.0 Å². The molecule has 0 amide bonds. The van der Waals surface area contributed by atoms with Gasteiger partial charge in [0.2, 0.25) is 4.86 Å². The molecule has 0 radical (unpaired) electrons. The monoisotopic (exact) mass is 984 g/mol. The Morgan fingerprint density at radius 3 is 1.63 bits per heavy atom. The highest BCUT2D eigenvalue weighted by Crippen LogP contribution is 2.77. The van der Waals surface area contributed by atoms with Crippen molar-refractivity contribution in [3.63, 3.8) is 0 Å². The molecule has 334 valence electrons. The molecule has 33 heteroatoms. The molecular formula is C27H41ClN10O16P4S2. The first kappa shape index (κ1) is 47.6. The van der Waals surface area contributed by atoms with Crippen molar-refractivity contribution in [3.8, 4) is 0 Å². The average molecular weight is 985 g/mol. The molecule has 0 bridgehead atoms. The molecule has 4 aromatic rings. The van der Waals surface area contributed by atoms with Crippen molar-refractivity contribution in [2.45, 2.75) is 80.6 Å². The van der Waals surface area contributed by atoms with Crippen LogP contribution in [0.15, 0.2) is 25.3 Å². The minimum Gasteiger partial charge on any atom is -0.387 e. The van der Waals surface area contributed by atoms with Crippen LogP contribution in [0, 0.1) is 0 Å². The topological polar surface area (TPSA) is 359 Å². The number of hydrogen-bond donors (Lipinski definition) is 10. The summed E-state index contributed by atoms with van der Waals surface area (Å²) < 4.78 is 72.5.